The Morgan fingerprint density at radius 1 is 0.897 bits per heavy atom. The molecule has 2 amide bonds. The number of amides is 2. The van der Waals surface area contributed by atoms with Crippen LogP contribution in [-0.2, 0) is 22.6 Å². The van der Waals surface area contributed by atoms with E-state index in [2.05, 4.69) is 25.2 Å². The Bertz CT molecular complexity index is 1220. The Hall–Kier alpha value is -3.60. The van der Waals surface area contributed by atoms with Crippen molar-refractivity contribution in [3.63, 3.8) is 0 Å². The molecule has 1 N–H and O–H groups in total. The van der Waals surface area contributed by atoms with Crippen molar-refractivity contribution >= 4 is 11.8 Å². The summed E-state index contributed by atoms with van der Waals surface area (Å²) in [4.78, 5) is 29.5. The molecule has 1 aliphatic rings. The summed E-state index contributed by atoms with van der Waals surface area (Å²) in [6.07, 6.45) is 5.90. The van der Waals surface area contributed by atoms with Crippen LogP contribution in [0.3, 0.4) is 0 Å². The first-order valence-electron chi connectivity index (χ1n) is 14.3. The Morgan fingerprint density at radius 3 is 2.31 bits per heavy atom. The minimum absolute atomic E-state index is 0.0886. The summed E-state index contributed by atoms with van der Waals surface area (Å²) in [5, 5.41) is 3.30. The average molecular weight is 527 g/mol. The van der Waals surface area contributed by atoms with Crippen LogP contribution in [0.5, 0.6) is 5.75 Å². The highest BCUT2D eigenvalue weighted by Crippen LogP contribution is 2.26. The molecule has 0 saturated heterocycles. The Labute approximate surface area is 233 Å². The maximum atomic E-state index is 13.9. The van der Waals surface area contributed by atoms with Crippen molar-refractivity contribution in [3.8, 4) is 5.75 Å². The van der Waals surface area contributed by atoms with Gasteiger partial charge in [-0.2, -0.15) is 0 Å². The summed E-state index contributed by atoms with van der Waals surface area (Å²) in [5.41, 5.74) is 4.20. The number of para-hydroxylation sites is 1. The molecular weight excluding hydrogens is 484 g/mol. The zero-order chi connectivity index (χ0) is 27.6. The lowest BCUT2D eigenvalue weighted by Gasteiger charge is -2.33. The molecule has 0 heterocycles. The number of ether oxygens (including phenoxy) is 1. The maximum absolute atomic E-state index is 13.9. The molecule has 3 aromatic rings. The fraction of sp³-hybridized carbons (Fsp3) is 0.412. The summed E-state index contributed by atoms with van der Waals surface area (Å²) < 4.78 is 6.11. The van der Waals surface area contributed by atoms with Gasteiger partial charge >= 0.3 is 0 Å². The quantitative estimate of drug-likeness (QED) is 0.307. The second-order valence-corrected chi connectivity index (χ2v) is 11.0. The van der Waals surface area contributed by atoms with E-state index < -0.39 is 6.04 Å². The number of aryl methyl sites for hydroxylation is 1. The number of carbonyl (C=O) groups excluding carboxylic acids is 2. The van der Waals surface area contributed by atoms with E-state index in [9.17, 15) is 9.59 Å². The topological polar surface area (TPSA) is 58.6 Å². The van der Waals surface area contributed by atoms with Gasteiger partial charge < -0.3 is 15.0 Å². The van der Waals surface area contributed by atoms with E-state index in [-0.39, 0.29) is 30.4 Å². The van der Waals surface area contributed by atoms with Crippen LogP contribution in [0.25, 0.3) is 0 Å². The van der Waals surface area contributed by atoms with Crippen LogP contribution in [0.4, 0.5) is 0 Å². The standard InChI is InChI=1S/C34H42N2O3/c1-25(2)30-19-10-11-20-32(30)39-24-33(37)36(23-28-16-12-13-26(3)21-28)31(22-27-14-6-4-7-15-27)34(38)35-29-17-8-5-9-18-29/h4,6-7,10-16,19-21,25,29,31H,5,8-9,17-18,22-24H2,1-3H3,(H,35,38). The molecule has 0 aromatic heterocycles. The second kappa shape index (κ2) is 14.0. The third kappa shape index (κ3) is 8.19. The normalized spacial score (nSPS) is 14.6. The van der Waals surface area contributed by atoms with Gasteiger partial charge in [0.25, 0.3) is 5.91 Å². The molecule has 1 atom stereocenters. The average Bonchev–Trinajstić information content (AvgIpc) is 2.95. The van der Waals surface area contributed by atoms with Gasteiger partial charge in [0.1, 0.15) is 11.8 Å². The van der Waals surface area contributed by atoms with Crippen LogP contribution < -0.4 is 10.1 Å². The molecule has 1 unspecified atom stereocenters. The molecule has 0 radical (unpaired) electrons. The summed E-state index contributed by atoms with van der Waals surface area (Å²) in [7, 11) is 0. The molecule has 1 aliphatic carbocycles. The third-order valence-electron chi connectivity index (χ3n) is 7.55. The zero-order valence-corrected chi connectivity index (χ0v) is 23.6. The lowest BCUT2D eigenvalue weighted by molar-refractivity contribution is -0.143. The Balaban J connectivity index is 1.63. The number of hydrogen-bond donors (Lipinski definition) is 1. The lowest BCUT2D eigenvalue weighted by Crippen LogP contribution is -2.53. The molecule has 1 fully saturated rings. The van der Waals surface area contributed by atoms with E-state index >= 15 is 0 Å². The van der Waals surface area contributed by atoms with Crippen molar-refractivity contribution in [3.05, 3.63) is 101 Å². The van der Waals surface area contributed by atoms with Gasteiger partial charge in [-0.25, -0.2) is 0 Å². The van der Waals surface area contributed by atoms with Gasteiger partial charge in [-0.3, -0.25) is 9.59 Å². The maximum Gasteiger partial charge on any atom is 0.261 e. The molecule has 206 valence electrons. The largest absolute Gasteiger partial charge is 0.483 e. The summed E-state index contributed by atoms with van der Waals surface area (Å²) >= 11 is 0. The number of carbonyl (C=O) groups is 2. The smallest absolute Gasteiger partial charge is 0.261 e. The first kappa shape index (κ1) is 28.4. The van der Waals surface area contributed by atoms with Crippen molar-refractivity contribution in [1.82, 2.24) is 10.2 Å². The van der Waals surface area contributed by atoms with Gasteiger partial charge in [0.15, 0.2) is 6.61 Å². The van der Waals surface area contributed by atoms with E-state index in [1.807, 2.05) is 79.7 Å². The Morgan fingerprint density at radius 2 is 1.59 bits per heavy atom. The van der Waals surface area contributed by atoms with Crippen LogP contribution in [0, 0.1) is 6.92 Å². The van der Waals surface area contributed by atoms with Crippen molar-refractivity contribution in [2.45, 2.75) is 83.8 Å². The van der Waals surface area contributed by atoms with Crippen molar-refractivity contribution in [1.29, 1.82) is 0 Å². The number of benzene rings is 3. The predicted molar refractivity (Wildman–Crippen MR) is 157 cm³/mol. The van der Waals surface area contributed by atoms with Crippen LogP contribution in [0.2, 0.25) is 0 Å². The molecule has 0 aliphatic heterocycles. The van der Waals surface area contributed by atoms with Crippen molar-refractivity contribution in [2.24, 2.45) is 0 Å². The van der Waals surface area contributed by atoms with Gasteiger partial charge in [-0.1, -0.05) is 111 Å². The zero-order valence-electron chi connectivity index (χ0n) is 23.6. The molecule has 5 heteroatoms. The van der Waals surface area contributed by atoms with Crippen molar-refractivity contribution in [2.75, 3.05) is 6.61 Å². The second-order valence-electron chi connectivity index (χ2n) is 11.0. The van der Waals surface area contributed by atoms with Gasteiger partial charge in [0.05, 0.1) is 0 Å². The highest BCUT2D eigenvalue weighted by Gasteiger charge is 2.32. The highest BCUT2D eigenvalue weighted by atomic mass is 16.5. The minimum atomic E-state index is -0.647. The number of nitrogens with one attached hydrogen (secondary N) is 1. The van der Waals surface area contributed by atoms with Crippen LogP contribution in [0.15, 0.2) is 78.9 Å². The molecule has 4 rings (SSSR count). The first-order chi connectivity index (χ1) is 18.9. The molecule has 0 spiro atoms. The van der Waals surface area contributed by atoms with Crippen LogP contribution in [-0.4, -0.2) is 35.4 Å². The number of hydrogen-bond acceptors (Lipinski definition) is 3. The van der Waals surface area contributed by atoms with Crippen LogP contribution in [0.1, 0.15) is 74.1 Å². The van der Waals surface area contributed by atoms with Gasteiger partial charge in [0, 0.05) is 19.0 Å². The highest BCUT2D eigenvalue weighted by molar-refractivity contribution is 5.88. The van der Waals surface area contributed by atoms with E-state index in [1.54, 1.807) is 4.90 Å². The SMILES string of the molecule is Cc1cccc(CN(C(=O)COc2ccccc2C(C)C)C(Cc2ccccc2)C(=O)NC2CCCCC2)c1. The minimum Gasteiger partial charge on any atom is -0.483 e. The Kier molecular flexibility index (Phi) is 10.2. The predicted octanol–water partition coefficient (Wildman–Crippen LogP) is 6.59. The van der Waals surface area contributed by atoms with E-state index in [1.165, 1.54) is 6.42 Å². The summed E-state index contributed by atoms with van der Waals surface area (Å²) in [6.45, 7) is 6.47. The first-order valence-corrected chi connectivity index (χ1v) is 14.3. The van der Waals surface area contributed by atoms with Gasteiger partial charge in [-0.05, 0) is 48.4 Å². The summed E-state index contributed by atoms with van der Waals surface area (Å²) in [5.74, 6) is 0.693. The number of nitrogens with zero attached hydrogens (tertiary/aromatic N) is 1. The molecule has 3 aromatic carbocycles. The van der Waals surface area contributed by atoms with E-state index in [0.29, 0.717) is 18.7 Å². The number of rotatable bonds is 11. The molecule has 39 heavy (non-hydrogen) atoms. The molecular formula is C34H42N2O3. The lowest BCUT2D eigenvalue weighted by atomic mass is 9.94. The van der Waals surface area contributed by atoms with Gasteiger partial charge in [-0.15, -0.1) is 0 Å². The molecule has 1 saturated carbocycles. The summed E-state index contributed by atoms with van der Waals surface area (Å²) in [6, 6.07) is 25.5. The van der Waals surface area contributed by atoms with E-state index in [0.717, 1.165) is 47.9 Å². The van der Waals surface area contributed by atoms with E-state index in [4.69, 9.17) is 4.74 Å². The molecule has 5 nitrogen and oxygen atoms in total. The fourth-order valence-electron chi connectivity index (χ4n) is 5.42. The van der Waals surface area contributed by atoms with Crippen molar-refractivity contribution < 1.29 is 14.3 Å². The fourth-order valence-corrected chi connectivity index (χ4v) is 5.42. The third-order valence-corrected chi connectivity index (χ3v) is 7.55. The van der Waals surface area contributed by atoms with Crippen LogP contribution >= 0.6 is 0 Å². The monoisotopic (exact) mass is 526 g/mol. The van der Waals surface area contributed by atoms with Gasteiger partial charge in [0.2, 0.25) is 5.91 Å². The molecule has 0 bridgehead atoms.